The van der Waals surface area contributed by atoms with E-state index in [1.165, 1.54) is 0 Å². The summed E-state index contributed by atoms with van der Waals surface area (Å²) in [7, 11) is 0. The Labute approximate surface area is 219 Å². The standard InChI is InChI=1S/C25H26ClN7O4/c26-20-5-3-19(4-6-20)22(34)37-21-7-1-18(2-8-21)17-27-31-23-28-24(32-9-13-35-14-10-32)30-25(29-23)33-11-15-36-16-12-33/h1-8,17H,9-16H2,(H,28,29,30,31)/b27-17-. The van der Waals surface area contributed by atoms with Crippen molar-refractivity contribution in [2.45, 2.75) is 0 Å². The van der Waals surface area contributed by atoms with Crippen LogP contribution in [0.15, 0.2) is 53.6 Å². The molecule has 2 saturated heterocycles. The van der Waals surface area contributed by atoms with Crippen LogP contribution in [0.25, 0.3) is 0 Å². The van der Waals surface area contributed by atoms with E-state index in [0.29, 0.717) is 86.8 Å². The predicted octanol–water partition coefficient (Wildman–Crippen LogP) is 2.86. The van der Waals surface area contributed by atoms with Crippen LogP contribution in [0.5, 0.6) is 5.75 Å². The van der Waals surface area contributed by atoms with Crippen LogP contribution in [-0.2, 0) is 9.47 Å². The molecule has 37 heavy (non-hydrogen) atoms. The molecule has 12 heteroatoms. The Morgan fingerprint density at radius 3 is 2.00 bits per heavy atom. The zero-order valence-electron chi connectivity index (χ0n) is 20.0. The lowest BCUT2D eigenvalue weighted by Gasteiger charge is -2.30. The first kappa shape index (κ1) is 24.9. The minimum atomic E-state index is -0.457. The molecule has 0 aliphatic carbocycles. The smallest absolute Gasteiger partial charge is 0.343 e. The van der Waals surface area contributed by atoms with Crippen molar-refractivity contribution in [1.82, 2.24) is 15.0 Å². The van der Waals surface area contributed by atoms with Crippen molar-refractivity contribution in [1.29, 1.82) is 0 Å². The SMILES string of the molecule is O=C(Oc1ccc(/C=N\Nc2nc(N3CCOCC3)nc(N3CCOCC3)n2)cc1)c1ccc(Cl)cc1. The summed E-state index contributed by atoms with van der Waals surface area (Å²) in [5.74, 6) is 1.49. The maximum absolute atomic E-state index is 12.3. The van der Waals surface area contributed by atoms with Crippen molar-refractivity contribution in [3.63, 3.8) is 0 Å². The topological polar surface area (TPSA) is 114 Å². The van der Waals surface area contributed by atoms with Gasteiger partial charge in [0.1, 0.15) is 5.75 Å². The van der Waals surface area contributed by atoms with Gasteiger partial charge in [0.15, 0.2) is 0 Å². The second kappa shape index (κ2) is 12.0. The second-order valence-corrected chi connectivity index (χ2v) is 8.73. The molecular formula is C25H26ClN7O4. The highest BCUT2D eigenvalue weighted by atomic mass is 35.5. The van der Waals surface area contributed by atoms with E-state index in [4.69, 9.17) is 25.8 Å². The van der Waals surface area contributed by atoms with E-state index in [1.54, 1.807) is 54.7 Å². The molecule has 2 aliphatic rings. The van der Waals surface area contributed by atoms with E-state index < -0.39 is 5.97 Å². The van der Waals surface area contributed by atoms with Gasteiger partial charge in [0, 0.05) is 31.2 Å². The third kappa shape index (κ3) is 6.70. The third-order valence-corrected chi connectivity index (χ3v) is 6.00. The Morgan fingerprint density at radius 1 is 0.865 bits per heavy atom. The lowest BCUT2D eigenvalue weighted by atomic mass is 10.2. The number of ether oxygens (including phenoxy) is 3. The Hall–Kier alpha value is -3.80. The number of nitrogens with zero attached hydrogens (tertiary/aromatic N) is 6. The average Bonchev–Trinajstić information content (AvgIpc) is 2.95. The van der Waals surface area contributed by atoms with Gasteiger partial charge in [-0.2, -0.15) is 20.1 Å². The van der Waals surface area contributed by atoms with Crippen LogP contribution in [0.3, 0.4) is 0 Å². The zero-order valence-corrected chi connectivity index (χ0v) is 20.8. The van der Waals surface area contributed by atoms with Crippen LogP contribution in [-0.4, -0.2) is 79.7 Å². The predicted molar refractivity (Wildman–Crippen MR) is 140 cm³/mol. The number of anilines is 3. The van der Waals surface area contributed by atoms with Crippen LogP contribution in [0, 0.1) is 0 Å². The maximum atomic E-state index is 12.3. The van der Waals surface area contributed by atoms with Gasteiger partial charge in [0.2, 0.25) is 17.8 Å². The largest absolute Gasteiger partial charge is 0.423 e. The molecule has 0 saturated carbocycles. The number of nitrogens with one attached hydrogen (secondary N) is 1. The van der Waals surface area contributed by atoms with Gasteiger partial charge in [-0.25, -0.2) is 10.2 Å². The van der Waals surface area contributed by atoms with Crippen molar-refractivity contribution < 1.29 is 19.0 Å². The summed E-state index contributed by atoms with van der Waals surface area (Å²) in [6.45, 7) is 5.37. The molecule has 0 spiro atoms. The number of hydrogen-bond donors (Lipinski definition) is 1. The number of esters is 1. The van der Waals surface area contributed by atoms with E-state index in [0.717, 1.165) is 5.56 Å². The number of hydrogen-bond acceptors (Lipinski definition) is 11. The second-order valence-electron chi connectivity index (χ2n) is 8.29. The first-order chi connectivity index (χ1) is 18.1. The Kier molecular flexibility index (Phi) is 8.04. The molecule has 0 atom stereocenters. The highest BCUT2D eigenvalue weighted by Crippen LogP contribution is 2.19. The van der Waals surface area contributed by atoms with Crippen LogP contribution in [0.4, 0.5) is 17.8 Å². The van der Waals surface area contributed by atoms with Crippen molar-refractivity contribution in [2.24, 2.45) is 5.10 Å². The molecule has 0 bridgehead atoms. The number of morpholine rings is 2. The zero-order chi connectivity index (χ0) is 25.5. The monoisotopic (exact) mass is 523 g/mol. The third-order valence-electron chi connectivity index (χ3n) is 5.75. The quantitative estimate of drug-likeness (QED) is 0.214. The van der Waals surface area contributed by atoms with Crippen molar-refractivity contribution in [3.05, 3.63) is 64.7 Å². The summed E-state index contributed by atoms with van der Waals surface area (Å²) in [6, 6.07) is 13.5. The van der Waals surface area contributed by atoms with E-state index in [1.807, 2.05) is 0 Å². The lowest BCUT2D eigenvalue weighted by Crippen LogP contribution is -2.40. The minimum Gasteiger partial charge on any atom is -0.423 e. The highest BCUT2D eigenvalue weighted by molar-refractivity contribution is 6.30. The lowest BCUT2D eigenvalue weighted by molar-refractivity contribution is 0.0734. The Balaban J connectivity index is 1.24. The summed E-state index contributed by atoms with van der Waals surface area (Å²) < 4.78 is 16.3. The summed E-state index contributed by atoms with van der Waals surface area (Å²) in [5, 5.41) is 4.85. The van der Waals surface area contributed by atoms with Crippen LogP contribution < -0.4 is 20.0 Å². The van der Waals surface area contributed by atoms with Crippen LogP contribution >= 0.6 is 11.6 Å². The molecule has 2 fully saturated rings. The fourth-order valence-corrected chi connectivity index (χ4v) is 3.88. The van der Waals surface area contributed by atoms with Gasteiger partial charge < -0.3 is 24.0 Å². The van der Waals surface area contributed by atoms with Crippen molar-refractivity contribution in [3.8, 4) is 5.75 Å². The van der Waals surface area contributed by atoms with Crippen LogP contribution in [0.2, 0.25) is 5.02 Å². The summed E-state index contributed by atoms with van der Waals surface area (Å²) in [5.41, 5.74) is 4.14. The van der Waals surface area contributed by atoms with Crippen LogP contribution in [0.1, 0.15) is 15.9 Å². The molecule has 3 heterocycles. The Morgan fingerprint density at radius 2 is 1.43 bits per heavy atom. The molecule has 0 unspecified atom stereocenters. The fraction of sp³-hybridized carbons (Fsp3) is 0.320. The molecule has 192 valence electrons. The number of halogens is 1. The first-order valence-electron chi connectivity index (χ1n) is 11.9. The molecular weight excluding hydrogens is 498 g/mol. The maximum Gasteiger partial charge on any atom is 0.343 e. The highest BCUT2D eigenvalue weighted by Gasteiger charge is 2.20. The number of aromatic nitrogens is 3. The van der Waals surface area contributed by atoms with E-state index in [-0.39, 0.29) is 0 Å². The molecule has 5 rings (SSSR count). The summed E-state index contributed by atoms with van der Waals surface area (Å²) in [4.78, 5) is 30.2. The van der Waals surface area contributed by atoms with E-state index in [2.05, 4.69) is 35.3 Å². The molecule has 0 amide bonds. The molecule has 0 radical (unpaired) electrons. The van der Waals surface area contributed by atoms with Crippen molar-refractivity contribution >= 4 is 41.6 Å². The number of benzene rings is 2. The first-order valence-corrected chi connectivity index (χ1v) is 12.3. The normalized spacial score (nSPS) is 16.1. The van der Waals surface area contributed by atoms with Gasteiger partial charge in [0.25, 0.3) is 0 Å². The van der Waals surface area contributed by atoms with E-state index >= 15 is 0 Å². The number of hydrazone groups is 1. The van der Waals surface area contributed by atoms with Gasteiger partial charge in [-0.1, -0.05) is 11.6 Å². The number of carbonyl (C=O) groups excluding carboxylic acids is 1. The molecule has 1 aromatic heterocycles. The average molecular weight is 524 g/mol. The summed E-state index contributed by atoms with van der Waals surface area (Å²) >= 11 is 5.87. The Bertz CT molecular complexity index is 1190. The molecule has 3 aromatic rings. The van der Waals surface area contributed by atoms with Gasteiger partial charge in [-0.3, -0.25) is 0 Å². The molecule has 2 aromatic carbocycles. The molecule has 1 N–H and O–H groups in total. The van der Waals surface area contributed by atoms with E-state index in [9.17, 15) is 4.79 Å². The van der Waals surface area contributed by atoms with Crippen molar-refractivity contribution in [2.75, 3.05) is 67.8 Å². The van der Waals surface area contributed by atoms with Gasteiger partial charge in [-0.05, 0) is 54.1 Å². The van der Waals surface area contributed by atoms with Gasteiger partial charge in [-0.15, -0.1) is 0 Å². The summed E-state index contributed by atoms with van der Waals surface area (Å²) in [6.07, 6.45) is 1.64. The number of carbonyl (C=O) groups is 1. The van der Waals surface area contributed by atoms with Gasteiger partial charge >= 0.3 is 5.97 Å². The fourth-order valence-electron chi connectivity index (χ4n) is 3.75. The minimum absolute atomic E-state index is 0.350. The number of rotatable bonds is 7. The molecule has 2 aliphatic heterocycles. The van der Waals surface area contributed by atoms with Gasteiger partial charge in [0.05, 0.1) is 38.2 Å². The molecule has 11 nitrogen and oxygen atoms in total.